The molecule has 0 nitrogen and oxygen atoms in total. The van der Waals surface area contributed by atoms with E-state index in [2.05, 4.69) is 55.5 Å². The van der Waals surface area contributed by atoms with Crippen molar-refractivity contribution in [3.8, 4) is 0 Å². The third kappa shape index (κ3) is 1.39. The summed E-state index contributed by atoms with van der Waals surface area (Å²) in [6.07, 6.45) is 2.29. The molecule has 1 heterocycles. The Balaban J connectivity index is 2.19. The lowest BCUT2D eigenvalue weighted by Crippen LogP contribution is -2.48. The third-order valence-electron chi connectivity index (χ3n) is 3.65. The predicted octanol–water partition coefficient (Wildman–Crippen LogP) is 2.22. The molecule has 0 bridgehead atoms. The zero-order valence-electron chi connectivity index (χ0n) is 9.61. The molecule has 1 aliphatic rings. The molecular formula is C15H15B. The van der Waals surface area contributed by atoms with Crippen molar-refractivity contribution in [3.63, 3.8) is 0 Å². The highest BCUT2D eigenvalue weighted by atomic mass is 14.1. The van der Waals surface area contributed by atoms with Crippen molar-refractivity contribution in [1.82, 2.24) is 0 Å². The fourth-order valence-electron chi connectivity index (χ4n) is 2.88. The molecule has 0 saturated carbocycles. The van der Waals surface area contributed by atoms with E-state index in [1.54, 1.807) is 0 Å². The van der Waals surface area contributed by atoms with Crippen LogP contribution in [0.1, 0.15) is 18.1 Å². The van der Waals surface area contributed by atoms with E-state index in [-0.39, 0.29) is 0 Å². The van der Waals surface area contributed by atoms with Crippen LogP contribution >= 0.6 is 0 Å². The van der Waals surface area contributed by atoms with Gasteiger partial charge in [0.25, 0.3) is 0 Å². The van der Waals surface area contributed by atoms with Crippen LogP contribution in [-0.4, -0.2) is 6.71 Å². The first-order valence-electron chi connectivity index (χ1n) is 6.05. The van der Waals surface area contributed by atoms with Gasteiger partial charge in [-0.3, -0.25) is 0 Å². The van der Waals surface area contributed by atoms with Gasteiger partial charge in [0.05, 0.1) is 0 Å². The van der Waals surface area contributed by atoms with Crippen LogP contribution in [0.5, 0.6) is 0 Å². The third-order valence-corrected chi connectivity index (χ3v) is 3.65. The first kappa shape index (κ1) is 9.71. The van der Waals surface area contributed by atoms with Crippen molar-refractivity contribution >= 4 is 17.6 Å². The van der Waals surface area contributed by atoms with Gasteiger partial charge >= 0.3 is 0 Å². The zero-order valence-corrected chi connectivity index (χ0v) is 9.61. The van der Waals surface area contributed by atoms with Crippen LogP contribution < -0.4 is 10.9 Å². The molecule has 16 heavy (non-hydrogen) atoms. The van der Waals surface area contributed by atoms with E-state index in [9.17, 15) is 0 Å². The fraction of sp³-hybridized carbons (Fsp3) is 0.200. The van der Waals surface area contributed by atoms with Crippen LogP contribution in [0.4, 0.5) is 0 Å². The first-order valence-corrected chi connectivity index (χ1v) is 6.05. The predicted molar refractivity (Wildman–Crippen MR) is 71.2 cm³/mol. The Morgan fingerprint density at radius 1 is 0.875 bits per heavy atom. The van der Waals surface area contributed by atoms with Gasteiger partial charge in [0.2, 0.25) is 6.71 Å². The number of benzene rings is 2. The molecule has 3 rings (SSSR count). The summed E-state index contributed by atoms with van der Waals surface area (Å²) in [5, 5.41) is 0. The summed E-state index contributed by atoms with van der Waals surface area (Å²) in [4.78, 5) is 0. The maximum atomic E-state index is 2.29. The standard InChI is InChI=1S/C15H15B/c1-2-16-14-9-5-3-7-12(14)11-13-8-4-6-10-15(13)16/h3-10H,2,11H2,1H3. The number of fused-ring (bicyclic) bond motifs is 2. The molecule has 1 aliphatic heterocycles. The van der Waals surface area contributed by atoms with E-state index in [1.807, 2.05) is 0 Å². The summed E-state index contributed by atoms with van der Waals surface area (Å²) in [5.74, 6) is 0. The highest BCUT2D eigenvalue weighted by Gasteiger charge is 2.26. The van der Waals surface area contributed by atoms with Crippen LogP contribution in [0.3, 0.4) is 0 Å². The fourth-order valence-corrected chi connectivity index (χ4v) is 2.88. The Kier molecular flexibility index (Phi) is 2.32. The van der Waals surface area contributed by atoms with Crippen molar-refractivity contribution in [2.24, 2.45) is 0 Å². The molecule has 1 heteroatoms. The Bertz CT molecular complexity index is 471. The highest BCUT2D eigenvalue weighted by Crippen LogP contribution is 2.14. The average Bonchev–Trinajstić information content (AvgIpc) is 2.36. The molecule has 0 N–H and O–H groups in total. The molecule has 0 aromatic heterocycles. The van der Waals surface area contributed by atoms with Gasteiger partial charge in [0.1, 0.15) is 0 Å². The molecule has 0 atom stereocenters. The van der Waals surface area contributed by atoms with E-state index >= 15 is 0 Å². The normalized spacial score (nSPS) is 13.2. The van der Waals surface area contributed by atoms with Crippen LogP contribution in [-0.2, 0) is 6.42 Å². The summed E-state index contributed by atoms with van der Waals surface area (Å²) in [5.41, 5.74) is 6.08. The molecule has 2 aromatic carbocycles. The van der Waals surface area contributed by atoms with Crippen molar-refractivity contribution in [2.45, 2.75) is 19.7 Å². The quantitative estimate of drug-likeness (QED) is 0.627. The molecule has 0 saturated heterocycles. The lowest BCUT2D eigenvalue weighted by atomic mass is 9.35. The average molecular weight is 206 g/mol. The molecule has 0 fully saturated rings. The van der Waals surface area contributed by atoms with E-state index in [0.717, 1.165) is 6.42 Å². The van der Waals surface area contributed by atoms with Gasteiger partial charge in [-0.1, -0.05) is 72.7 Å². The second-order valence-electron chi connectivity index (χ2n) is 4.54. The topological polar surface area (TPSA) is 0 Å². The maximum Gasteiger partial charge on any atom is 0.209 e. The van der Waals surface area contributed by atoms with Gasteiger partial charge in [0.15, 0.2) is 0 Å². The minimum atomic E-state index is 0.598. The van der Waals surface area contributed by atoms with Gasteiger partial charge < -0.3 is 0 Å². The molecule has 0 aliphatic carbocycles. The van der Waals surface area contributed by atoms with Crippen LogP contribution in [0, 0.1) is 0 Å². The summed E-state index contributed by atoms with van der Waals surface area (Å²) in [6.45, 7) is 2.88. The summed E-state index contributed by atoms with van der Waals surface area (Å²) in [6, 6.07) is 17.8. The lowest BCUT2D eigenvalue weighted by molar-refractivity contribution is 1.20. The van der Waals surface area contributed by atoms with Crippen molar-refractivity contribution in [2.75, 3.05) is 0 Å². The van der Waals surface area contributed by atoms with Crippen LogP contribution in [0.15, 0.2) is 48.5 Å². The Morgan fingerprint density at radius 3 is 1.88 bits per heavy atom. The number of hydrogen-bond acceptors (Lipinski definition) is 0. The Labute approximate surface area is 97.4 Å². The van der Waals surface area contributed by atoms with Gasteiger partial charge in [-0.25, -0.2) is 0 Å². The molecule has 2 aromatic rings. The van der Waals surface area contributed by atoms with E-state index < -0.39 is 0 Å². The Hall–Kier alpha value is -1.50. The molecular weight excluding hydrogens is 191 g/mol. The van der Waals surface area contributed by atoms with E-state index in [1.165, 1.54) is 28.4 Å². The molecule has 0 amide bonds. The zero-order chi connectivity index (χ0) is 11.0. The van der Waals surface area contributed by atoms with Crippen LogP contribution in [0.25, 0.3) is 0 Å². The van der Waals surface area contributed by atoms with Crippen LogP contribution in [0.2, 0.25) is 6.32 Å². The van der Waals surface area contributed by atoms with Crippen molar-refractivity contribution < 1.29 is 0 Å². The second-order valence-corrected chi connectivity index (χ2v) is 4.54. The van der Waals surface area contributed by atoms with E-state index in [0.29, 0.717) is 6.71 Å². The van der Waals surface area contributed by atoms with Gasteiger partial charge in [0, 0.05) is 0 Å². The lowest BCUT2D eigenvalue weighted by Gasteiger charge is -2.25. The van der Waals surface area contributed by atoms with Crippen molar-refractivity contribution in [3.05, 3.63) is 59.7 Å². The minimum absolute atomic E-state index is 0.598. The second kappa shape index (κ2) is 3.82. The SMILES string of the molecule is CCB1c2ccccc2Cc2ccccc21. The van der Waals surface area contributed by atoms with Gasteiger partial charge in [-0.2, -0.15) is 0 Å². The van der Waals surface area contributed by atoms with E-state index in [4.69, 9.17) is 0 Å². The highest BCUT2D eigenvalue weighted by molar-refractivity contribution is 6.86. The smallest absolute Gasteiger partial charge is 0.0712 e. The summed E-state index contributed by atoms with van der Waals surface area (Å²) in [7, 11) is 0. The summed E-state index contributed by atoms with van der Waals surface area (Å²) >= 11 is 0. The van der Waals surface area contributed by atoms with Crippen molar-refractivity contribution in [1.29, 1.82) is 0 Å². The largest absolute Gasteiger partial charge is 0.209 e. The molecule has 78 valence electrons. The summed E-state index contributed by atoms with van der Waals surface area (Å²) < 4.78 is 0. The Morgan fingerprint density at radius 2 is 1.38 bits per heavy atom. The first-order chi connectivity index (χ1) is 7.90. The monoisotopic (exact) mass is 206 g/mol. The molecule has 0 unspecified atom stereocenters. The maximum absolute atomic E-state index is 2.29. The van der Waals surface area contributed by atoms with Gasteiger partial charge in [-0.15, -0.1) is 0 Å². The number of rotatable bonds is 1. The van der Waals surface area contributed by atoms with Gasteiger partial charge in [-0.05, 0) is 17.5 Å². The molecule has 0 spiro atoms. The minimum Gasteiger partial charge on any atom is -0.0712 e. The number of hydrogen-bond donors (Lipinski definition) is 0. The molecule has 0 radical (unpaired) electrons.